The minimum Gasteiger partial charge on any atom is -0.396 e. The topological polar surface area (TPSA) is 20.2 Å². The van der Waals surface area contributed by atoms with Gasteiger partial charge in [0.25, 0.3) is 0 Å². The van der Waals surface area contributed by atoms with Crippen molar-refractivity contribution in [2.75, 3.05) is 6.61 Å². The van der Waals surface area contributed by atoms with Crippen molar-refractivity contribution < 1.29 is 5.11 Å². The van der Waals surface area contributed by atoms with Gasteiger partial charge in [0.15, 0.2) is 0 Å². The molecule has 35 heavy (non-hydrogen) atoms. The normalized spacial score (nSPS) is 11.0. The van der Waals surface area contributed by atoms with Gasteiger partial charge in [-0.15, -0.1) is 0 Å². The van der Waals surface area contributed by atoms with Crippen molar-refractivity contribution in [2.45, 2.75) is 213 Å². The van der Waals surface area contributed by atoms with Crippen molar-refractivity contribution in [3.8, 4) is 0 Å². The maximum atomic E-state index is 8.57. The van der Waals surface area contributed by atoms with Crippen LogP contribution in [0.25, 0.3) is 0 Å². The molecule has 214 valence electrons. The lowest BCUT2D eigenvalue weighted by molar-refractivity contribution is 0.282. The van der Waals surface area contributed by atoms with Crippen molar-refractivity contribution in [3.63, 3.8) is 0 Å². The first kappa shape index (κ1) is 37.1. The number of unbranched alkanes of at least 4 members (excludes halogenated alkanes) is 28. The average molecular weight is 497 g/mol. The molecule has 0 amide bonds. The second-order valence-electron chi connectivity index (χ2n) is 11.3. The van der Waals surface area contributed by atoms with Crippen molar-refractivity contribution in [1.29, 1.82) is 0 Å². The van der Waals surface area contributed by atoms with Gasteiger partial charge in [-0.25, -0.2) is 0 Å². The average Bonchev–Trinajstić information content (AvgIpc) is 2.87. The van der Waals surface area contributed by atoms with Crippen LogP contribution in [0.15, 0.2) is 0 Å². The van der Waals surface area contributed by atoms with Crippen molar-refractivity contribution in [1.82, 2.24) is 0 Å². The molecule has 0 unspecified atom stereocenters. The summed E-state index contributed by atoms with van der Waals surface area (Å²) in [5.41, 5.74) is 0. The summed E-state index contributed by atoms with van der Waals surface area (Å²) >= 11 is 0. The standard InChI is InChI=1S/C22H46.C12H26O/c1-3-5-7-9-11-13-15-17-19-21-22-20-18-16-14-12-10-8-6-4-2;1-2-3-4-5-6-7-8-9-10-11-12-13/h3-22H2,1-2H3;13H,2-12H2,1H3. The van der Waals surface area contributed by atoms with Crippen LogP contribution in [0.2, 0.25) is 0 Å². The van der Waals surface area contributed by atoms with Gasteiger partial charge in [-0.05, 0) is 6.42 Å². The third kappa shape index (κ3) is 41.4. The van der Waals surface area contributed by atoms with Crippen LogP contribution in [0.5, 0.6) is 0 Å². The molecular weight excluding hydrogens is 424 g/mol. The zero-order chi connectivity index (χ0) is 25.9. The molecule has 0 aliphatic rings. The van der Waals surface area contributed by atoms with E-state index in [-0.39, 0.29) is 0 Å². The highest BCUT2D eigenvalue weighted by atomic mass is 16.2. The van der Waals surface area contributed by atoms with E-state index in [0.29, 0.717) is 6.61 Å². The van der Waals surface area contributed by atoms with Crippen LogP contribution in [0, 0.1) is 0 Å². The molecule has 1 heteroatoms. The third-order valence-electron chi connectivity index (χ3n) is 7.47. The molecular formula is C34H72O. The number of hydrogen-bond donors (Lipinski definition) is 1. The SMILES string of the molecule is CCCCCCCCCCCCCCCCCCCCCC.CCCCCCCCCCCCO. The fourth-order valence-electron chi connectivity index (χ4n) is 4.93. The van der Waals surface area contributed by atoms with Gasteiger partial charge < -0.3 is 5.11 Å². The highest BCUT2D eigenvalue weighted by Crippen LogP contribution is 2.15. The predicted molar refractivity (Wildman–Crippen MR) is 163 cm³/mol. The summed E-state index contributed by atoms with van der Waals surface area (Å²) in [6, 6.07) is 0. The van der Waals surface area contributed by atoms with Gasteiger partial charge in [-0.3, -0.25) is 0 Å². The minimum atomic E-state index is 0.372. The van der Waals surface area contributed by atoms with Crippen LogP contribution in [0.4, 0.5) is 0 Å². The summed E-state index contributed by atoms with van der Waals surface area (Å²) in [5, 5.41) is 8.57. The van der Waals surface area contributed by atoms with E-state index in [1.54, 1.807) is 0 Å². The molecule has 0 saturated carbocycles. The van der Waals surface area contributed by atoms with Gasteiger partial charge in [0.2, 0.25) is 0 Å². The lowest BCUT2D eigenvalue weighted by Crippen LogP contribution is -1.84. The van der Waals surface area contributed by atoms with E-state index in [1.807, 2.05) is 0 Å². The second kappa shape index (κ2) is 38.5. The summed E-state index contributed by atoms with van der Waals surface area (Å²) in [7, 11) is 0. The quantitative estimate of drug-likeness (QED) is 0.102. The van der Waals surface area contributed by atoms with Crippen LogP contribution in [0.3, 0.4) is 0 Å². The fraction of sp³-hybridized carbons (Fsp3) is 1.00. The predicted octanol–water partition coefficient (Wildman–Crippen LogP) is 12.7. The maximum Gasteiger partial charge on any atom is 0.0431 e. The molecule has 1 N–H and O–H groups in total. The number of aliphatic hydroxyl groups excluding tert-OH is 1. The number of hydrogen-bond acceptors (Lipinski definition) is 1. The van der Waals surface area contributed by atoms with E-state index in [2.05, 4.69) is 20.8 Å². The van der Waals surface area contributed by atoms with Crippen LogP contribution in [-0.4, -0.2) is 11.7 Å². The van der Waals surface area contributed by atoms with Gasteiger partial charge in [-0.2, -0.15) is 0 Å². The largest absolute Gasteiger partial charge is 0.396 e. The Morgan fingerprint density at radius 1 is 0.229 bits per heavy atom. The third-order valence-corrected chi connectivity index (χ3v) is 7.47. The molecule has 0 aromatic rings. The van der Waals surface area contributed by atoms with Crippen LogP contribution >= 0.6 is 0 Å². The Balaban J connectivity index is 0. The summed E-state index contributed by atoms with van der Waals surface area (Å²) in [5.74, 6) is 0. The minimum absolute atomic E-state index is 0.372. The van der Waals surface area contributed by atoms with Crippen LogP contribution in [0.1, 0.15) is 213 Å². The molecule has 0 rings (SSSR count). The van der Waals surface area contributed by atoms with E-state index < -0.39 is 0 Å². The van der Waals surface area contributed by atoms with Gasteiger partial charge in [0.1, 0.15) is 0 Å². The highest BCUT2D eigenvalue weighted by Gasteiger charge is 1.95. The zero-order valence-corrected chi connectivity index (χ0v) is 25.4. The van der Waals surface area contributed by atoms with E-state index in [4.69, 9.17) is 5.11 Å². The van der Waals surface area contributed by atoms with Crippen molar-refractivity contribution in [3.05, 3.63) is 0 Å². The lowest BCUT2D eigenvalue weighted by Gasteiger charge is -2.03. The molecule has 0 atom stereocenters. The molecule has 0 bridgehead atoms. The van der Waals surface area contributed by atoms with E-state index in [0.717, 1.165) is 6.42 Å². The Morgan fingerprint density at radius 3 is 0.514 bits per heavy atom. The summed E-state index contributed by atoms with van der Waals surface area (Å²) in [4.78, 5) is 0. The second-order valence-corrected chi connectivity index (χ2v) is 11.3. The molecule has 0 saturated heterocycles. The Hall–Kier alpha value is -0.0400. The Bertz CT molecular complexity index is 284. The van der Waals surface area contributed by atoms with Crippen molar-refractivity contribution in [2.24, 2.45) is 0 Å². The first-order valence-electron chi connectivity index (χ1n) is 16.9. The van der Waals surface area contributed by atoms with Gasteiger partial charge in [0, 0.05) is 6.61 Å². The summed E-state index contributed by atoms with van der Waals surface area (Å²) in [6.45, 7) is 7.23. The molecule has 0 heterocycles. The Morgan fingerprint density at radius 2 is 0.371 bits per heavy atom. The Labute approximate surface area is 225 Å². The smallest absolute Gasteiger partial charge is 0.0431 e. The summed E-state index contributed by atoms with van der Waals surface area (Å²) < 4.78 is 0. The van der Waals surface area contributed by atoms with E-state index in [9.17, 15) is 0 Å². The molecule has 0 aliphatic carbocycles. The van der Waals surface area contributed by atoms with Gasteiger partial charge in [-0.1, -0.05) is 207 Å². The molecule has 0 aromatic heterocycles. The lowest BCUT2D eigenvalue weighted by atomic mass is 10.0. The molecule has 0 spiro atoms. The molecule has 0 fully saturated rings. The van der Waals surface area contributed by atoms with Gasteiger partial charge >= 0.3 is 0 Å². The first-order chi connectivity index (χ1) is 17.3. The number of rotatable bonds is 29. The van der Waals surface area contributed by atoms with Crippen molar-refractivity contribution >= 4 is 0 Å². The molecule has 1 nitrogen and oxygen atoms in total. The molecule has 0 aromatic carbocycles. The Kier molecular flexibility index (Phi) is 40.8. The maximum absolute atomic E-state index is 8.57. The van der Waals surface area contributed by atoms with E-state index in [1.165, 1.54) is 186 Å². The number of aliphatic hydroxyl groups is 1. The summed E-state index contributed by atoms with van der Waals surface area (Å²) in [6.07, 6.45) is 42.7. The fourth-order valence-corrected chi connectivity index (χ4v) is 4.93. The molecule has 0 aliphatic heterocycles. The molecule has 0 radical (unpaired) electrons. The van der Waals surface area contributed by atoms with Crippen LogP contribution < -0.4 is 0 Å². The monoisotopic (exact) mass is 497 g/mol. The first-order valence-corrected chi connectivity index (χ1v) is 16.9. The van der Waals surface area contributed by atoms with E-state index >= 15 is 0 Å². The van der Waals surface area contributed by atoms with Crippen LogP contribution in [-0.2, 0) is 0 Å². The van der Waals surface area contributed by atoms with Gasteiger partial charge in [0.05, 0.1) is 0 Å². The zero-order valence-electron chi connectivity index (χ0n) is 25.4. The highest BCUT2D eigenvalue weighted by molar-refractivity contribution is 4.51.